The standard InChI is InChI=1S/C16H29NO3/c1-14(2)7-9-15(19,10-8-14)12-17-13(18)11-16(20-3)5-4-6-16/h19H,4-12H2,1-3H3,(H,17,18). The Morgan fingerprint density at radius 2 is 1.75 bits per heavy atom. The summed E-state index contributed by atoms with van der Waals surface area (Å²) < 4.78 is 5.47. The highest BCUT2D eigenvalue weighted by Gasteiger charge is 2.40. The number of nitrogens with one attached hydrogen (secondary N) is 1. The summed E-state index contributed by atoms with van der Waals surface area (Å²) >= 11 is 0. The Bertz CT molecular complexity index is 345. The molecule has 4 nitrogen and oxygen atoms in total. The van der Waals surface area contributed by atoms with Gasteiger partial charge in [-0.3, -0.25) is 4.79 Å². The minimum Gasteiger partial charge on any atom is -0.388 e. The van der Waals surface area contributed by atoms with Crippen LogP contribution in [0.15, 0.2) is 0 Å². The van der Waals surface area contributed by atoms with E-state index in [-0.39, 0.29) is 11.5 Å². The van der Waals surface area contributed by atoms with Crippen LogP contribution in [0.4, 0.5) is 0 Å². The van der Waals surface area contributed by atoms with E-state index in [4.69, 9.17) is 4.74 Å². The summed E-state index contributed by atoms with van der Waals surface area (Å²) in [5.41, 5.74) is -0.630. The molecule has 0 saturated heterocycles. The number of methoxy groups -OCH3 is 1. The molecule has 0 unspecified atom stereocenters. The molecule has 0 spiro atoms. The Kier molecular flexibility index (Phi) is 4.45. The fraction of sp³-hybridized carbons (Fsp3) is 0.938. The lowest BCUT2D eigenvalue weighted by Crippen LogP contribution is -2.49. The molecule has 2 aliphatic rings. The smallest absolute Gasteiger partial charge is 0.223 e. The zero-order chi connectivity index (χ0) is 14.9. The third-order valence-corrected chi connectivity index (χ3v) is 5.33. The highest BCUT2D eigenvalue weighted by molar-refractivity contribution is 5.77. The fourth-order valence-electron chi connectivity index (χ4n) is 3.21. The van der Waals surface area contributed by atoms with Gasteiger partial charge in [-0.25, -0.2) is 0 Å². The van der Waals surface area contributed by atoms with Crippen molar-refractivity contribution in [1.29, 1.82) is 0 Å². The van der Waals surface area contributed by atoms with E-state index in [0.29, 0.717) is 18.4 Å². The summed E-state index contributed by atoms with van der Waals surface area (Å²) in [5, 5.41) is 13.4. The molecule has 2 rings (SSSR count). The average Bonchev–Trinajstić information content (AvgIpc) is 2.36. The largest absolute Gasteiger partial charge is 0.388 e. The van der Waals surface area contributed by atoms with Gasteiger partial charge in [0.25, 0.3) is 0 Å². The maximum Gasteiger partial charge on any atom is 0.223 e. The molecule has 0 bridgehead atoms. The van der Waals surface area contributed by atoms with Gasteiger partial charge in [0.2, 0.25) is 5.91 Å². The van der Waals surface area contributed by atoms with E-state index in [0.717, 1.165) is 44.9 Å². The molecular formula is C16H29NO3. The molecule has 0 radical (unpaired) electrons. The van der Waals surface area contributed by atoms with Gasteiger partial charge in [0, 0.05) is 13.7 Å². The fourth-order valence-corrected chi connectivity index (χ4v) is 3.21. The molecule has 0 aromatic carbocycles. The lowest BCUT2D eigenvalue weighted by atomic mass is 9.71. The van der Waals surface area contributed by atoms with E-state index >= 15 is 0 Å². The summed E-state index contributed by atoms with van der Waals surface area (Å²) in [6, 6.07) is 0. The Morgan fingerprint density at radius 1 is 1.15 bits per heavy atom. The highest BCUT2D eigenvalue weighted by Crippen LogP contribution is 2.40. The normalized spacial score (nSPS) is 26.6. The molecule has 4 heteroatoms. The van der Waals surface area contributed by atoms with Crippen LogP contribution in [-0.2, 0) is 9.53 Å². The van der Waals surface area contributed by atoms with Crippen molar-refractivity contribution in [3.8, 4) is 0 Å². The van der Waals surface area contributed by atoms with Crippen molar-refractivity contribution in [1.82, 2.24) is 5.32 Å². The first-order valence-electron chi connectivity index (χ1n) is 7.83. The minimum absolute atomic E-state index is 0.00445. The van der Waals surface area contributed by atoms with Crippen molar-refractivity contribution in [3.05, 3.63) is 0 Å². The summed E-state index contributed by atoms with van der Waals surface area (Å²) in [6.45, 7) is 4.86. The third kappa shape index (κ3) is 3.73. The predicted molar refractivity (Wildman–Crippen MR) is 78.4 cm³/mol. The highest BCUT2D eigenvalue weighted by atomic mass is 16.5. The number of rotatable bonds is 5. The van der Waals surface area contributed by atoms with Gasteiger partial charge >= 0.3 is 0 Å². The van der Waals surface area contributed by atoms with E-state index in [2.05, 4.69) is 19.2 Å². The van der Waals surface area contributed by atoms with Crippen LogP contribution in [-0.4, -0.2) is 35.9 Å². The first kappa shape index (κ1) is 15.8. The van der Waals surface area contributed by atoms with Gasteiger partial charge < -0.3 is 15.2 Å². The van der Waals surface area contributed by atoms with Crippen LogP contribution in [0.2, 0.25) is 0 Å². The second-order valence-electron chi connectivity index (χ2n) is 7.58. The monoisotopic (exact) mass is 283 g/mol. The number of amides is 1. The number of hydrogen-bond donors (Lipinski definition) is 2. The van der Waals surface area contributed by atoms with Crippen molar-refractivity contribution in [2.24, 2.45) is 5.41 Å². The molecule has 2 saturated carbocycles. The third-order valence-electron chi connectivity index (χ3n) is 5.33. The lowest BCUT2D eigenvalue weighted by molar-refractivity contribution is -0.136. The van der Waals surface area contributed by atoms with Crippen LogP contribution in [0.3, 0.4) is 0 Å². The SMILES string of the molecule is COC1(CC(=O)NCC2(O)CCC(C)(C)CC2)CCC1. The second-order valence-corrected chi connectivity index (χ2v) is 7.58. The molecule has 1 amide bonds. The van der Waals surface area contributed by atoms with Crippen molar-refractivity contribution < 1.29 is 14.6 Å². The average molecular weight is 283 g/mol. The van der Waals surface area contributed by atoms with Crippen molar-refractivity contribution in [3.63, 3.8) is 0 Å². The van der Waals surface area contributed by atoms with Crippen LogP contribution in [0.1, 0.15) is 65.2 Å². The van der Waals surface area contributed by atoms with E-state index in [1.165, 1.54) is 0 Å². The molecule has 0 heterocycles. The van der Waals surface area contributed by atoms with E-state index in [1.54, 1.807) is 7.11 Å². The Morgan fingerprint density at radius 3 is 2.20 bits per heavy atom. The number of carbonyl (C=O) groups is 1. The first-order chi connectivity index (χ1) is 9.28. The molecule has 0 aliphatic heterocycles. The van der Waals surface area contributed by atoms with E-state index < -0.39 is 5.60 Å². The Balaban J connectivity index is 1.76. The summed E-state index contributed by atoms with van der Waals surface area (Å²) in [4.78, 5) is 12.0. The molecule has 0 atom stereocenters. The number of hydrogen-bond acceptors (Lipinski definition) is 3. The van der Waals surface area contributed by atoms with Gasteiger partial charge in [0.1, 0.15) is 0 Å². The molecule has 0 aromatic rings. The van der Waals surface area contributed by atoms with Crippen LogP contribution in [0.5, 0.6) is 0 Å². The lowest BCUT2D eigenvalue weighted by Gasteiger charge is -2.41. The van der Waals surface area contributed by atoms with Crippen molar-refractivity contribution in [2.75, 3.05) is 13.7 Å². The van der Waals surface area contributed by atoms with Gasteiger partial charge in [-0.2, -0.15) is 0 Å². The summed E-state index contributed by atoms with van der Waals surface area (Å²) in [5.74, 6) is 0.00445. The van der Waals surface area contributed by atoms with Crippen molar-refractivity contribution >= 4 is 5.91 Å². The van der Waals surface area contributed by atoms with Gasteiger partial charge in [0.15, 0.2) is 0 Å². The molecule has 116 valence electrons. The van der Waals surface area contributed by atoms with Crippen molar-refractivity contribution in [2.45, 2.75) is 76.4 Å². The predicted octanol–water partition coefficient (Wildman–Crippen LogP) is 2.39. The molecule has 20 heavy (non-hydrogen) atoms. The molecule has 2 fully saturated rings. The molecule has 2 N–H and O–H groups in total. The van der Waals surface area contributed by atoms with Crippen LogP contribution < -0.4 is 5.32 Å². The molecule has 0 aromatic heterocycles. The van der Waals surface area contributed by atoms with Gasteiger partial charge in [0.05, 0.1) is 17.6 Å². The zero-order valence-corrected chi connectivity index (χ0v) is 13.1. The van der Waals surface area contributed by atoms with Gasteiger partial charge in [-0.05, 0) is 50.4 Å². The zero-order valence-electron chi connectivity index (χ0n) is 13.1. The minimum atomic E-state index is -0.717. The Hall–Kier alpha value is -0.610. The topological polar surface area (TPSA) is 58.6 Å². The van der Waals surface area contributed by atoms with E-state index in [1.807, 2.05) is 0 Å². The van der Waals surface area contributed by atoms with Crippen LogP contribution in [0, 0.1) is 5.41 Å². The quantitative estimate of drug-likeness (QED) is 0.814. The molecule has 2 aliphatic carbocycles. The number of carbonyl (C=O) groups excluding carboxylic acids is 1. The second kappa shape index (κ2) is 5.64. The molecular weight excluding hydrogens is 254 g/mol. The van der Waals surface area contributed by atoms with Crippen LogP contribution >= 0.6 is 0 Å². The summed E-state index contributed by atoms with van der Waals surface area (Å²) in [7, 11) is 1.68. The van der Waals surface area contributed by atoms with Gasteiger partial charge in [-0.1, -0.05) is 13.8 Å². The first-order valence-corrected chi connectivity index (χ1v) is 7.83. The van der Waals surface area contributed by atoms with Gasteiger partial charge in [-0.15, -0.1) is 0 Å². The van der Waals surface area contributed by atoms with E-state index in [9.17, 15) is 9.90 Å². The Labute approximate surface area is 122 Å². The maximum absolute atomic E-state index is 12.0. The number of aliphatic hydroxyl groups is 1. The van der Waals surface area contributed by atoms with Crippen LogP contribution in [0.25, 0.3) is 0 Å². The maximum atomic E-state index is 12.0. The summed E-state index contributed by atoms with van der Waals surface area (Å²) in [6.07, 6.45) is 7.07. The number of ether oxygens (including phenoxy) is 1.